The van der Waals surface area contributed by atoms with Crippen LogP contribution in [0.3, 0.4) is 0 Å². The Balaban J connectivity index is 1.83. The van der Waals surface area contributed by atoms with Gasteiger partial charge in [-0.3, -0.25) is 9.78 Å². The molecule has 2 heterocycles. The molecular weight excluding hydrogens is 318 g/mol. The first-order valence-corrected chi connectivity index (χ1v) is 8.63. The van der Waals surface area contributed by atoms with Gasteiger partial charge >= 0.3 is 5.97 Å². The third kappa shape index (κ3) is 4.24. The van der Waals surface area contributed by atoms with Crippen LogP contribution in [0.25, 0.3) is 0 Å². The maximum absolute atomic E-state index is 12.4. The Morgan fingerprint density at radius 2 is 1.84 bits per heavy atom. The zero-order chi connectivity index (χ0) is 17.5. The quantitative estimate of drug-likeness (QED) is 0.798. The van der Waals surface area contributed by atoms with Crippen molar-refractivity contribution in [1.82, 2.24) is 4.98 Å². The van der Waals surface area contributed by atoms with Crippen molar-refractivity contribution in [1.29, 1.82) is 0 Å². The Morgan fingerprint density at radius 3 is 2.48 bits per heavy atom. The summed E-state index contributed by atoms with van der Waals surface area (Å²) in [6, 6.07) is 15.0. The normalized spacial score (nSPS) is 17.3. The lowest BCUT2D eigenvalue weighted by Gasteiger charge is -2.30. The van der Waals surface area contributed by atoms with Crippen molar-refractivity contribution in [3.63, 3.8) is 0 Å². The Morgan fingerprint density at radius 1 is 1.12 bits per heavy atom. The first-order valence-electron chi connectivity index (χ1n) is 8.63. The highest BCUT2D eigenvalue weighted by Crippen LogP contribution is 2.34. The summed E-state index contributed by atoms with van der Waals surface area (Å²) in [4.78, 5) is 16.7. The summed E-state index contributed by atoms with van der Waals surface area (Å²) in [6.07, 6.45) is 3.76. The molecule has 0 spiro atoms. The summed E-state index contributed by atoms with van der Waals surface area (Å²) < 4.78 is 10.9. The molecule has 1 aromatic carbocycles. The number of aliphatic carboxylic acids is 1. The Bertz CT molecular complexity index is 671. The lowest BCUT2D eigenvalue weighted by molar-refractivity contribution is -0.144. The molecule has 1 saturated heterocycles. The number of hydrogen-bond donors (Lipinski definition) is 1. The molecule has 132 valence electrons. The molecule has 5 heteroatoms. The molecule has 0 radical (unpaired) electrons. The summed E-state index contributed by atoms with van der Waals surface area (Å²) in [5, 5.41) is 10.1. The Hall–Kier alpha value is -2.24. The minimum absolute atomic E-state index is 0.211. The average Bonchev–Trinajstić information content (AvgIpc) is 3.16. The Labute approximate surface area is 147 Å². The van der Waals surface area contributed by atoms with Gasteiger partial charge in [-0.05, 0) is 37.0 Å². The van der Waals surface area contributed by atoms with Gasteiger partial charge in [0.15, 0.2) is 6.29 Å². The van der Waals surface area contributed by atoms with Gasteiger partial charge in [0.1, 0.15) is 0 Å². The van der Waals surface area contributed by atoms with E-state index in [1.54, 1.807) is 6.20 Å². The van der Waals surface area contributed by atoms with Gasteiger partial charge in [0.2, 0.25) is 0 Å². The fraction of sp³-hybridized carbons (Fsp3) is 0.400. The number of benzene rings is 1. The van der Waals surface area contributed by atoms with Crippen LogP contribution in [-0.4, -0.2) is 35.6 Å². The van der Waals surface area contributed by atoms with E-state index in [9.17, 15) is 9.90 Å². The van der Waals surface area contributed by atoms with Crippen molar-refractivity contribution in [3.8, 4) is 0 Å². The maximum atomic E-state index is 12.4. The van der Waals surface area contributed by atoms with Crippen LogP contribution in [0.4, 0.5) is 0 Å². The van der Waals surface area contributed by atoms with Crippen LogP contribution in [0.15, 0.2) is 54.7 Å². The number of rotatable bonds is 8. The van der Waals surface area contributed by atoms with E-state index in [1.807, 2.05) is 48.5 Å². The van der Waals surface area contributed by atoms with E-state index in [4.69, 9.17) is 9.47 Å². The first-order chi connectivity index (χ1) is 12.2. The van der Waals surface area contributed by atoms with E-state index < -0.39 is 11.4 Å². The molecule has 0 bridgehead atoms. The van der Waals surface area contributed by atoms with Gasteiger partial charge in [-0.1, -0.05) is 36.4 Å². The second-order valence-corrected chi connectivity index (χ2v) is 6.31. The third-order valence-corrected chi connectivity index (χ3v) is 4.68. The number of nitrogens with zero attached hydrogens (tertiary/aromatic N) is 1. The van der Waals surface area contributed by atoms with Crippen LogP contribution >= 0.6 is 0 Å². The molecule has 0 amide bonds. The lowest BCUT2D eigenvalue weighted by atomic mass is 9.73. The van der Waals surface area contributed by atoms with Crippen LogP contribution < -0.4 is 0 Å². The molecule has 3 rings (SSSR count). The van der Waals surface area contributed by atoms with E-state index in [2.05, 4.69) is 4.98 Å². The van der Waals surface area contributed by atoms with Gasteiger partial charge in [0.05, 0.1) is 18.6 Å². The molecule has 1 atom stereocenters. The largest absolute Gasteiger partial charge is 0.481 e. The second-order valence-electron chi connectivity index (χ2n) is 6.31. The molecule has 1 N–H and O–H groups in total. The number of carboxylic acid groups (broad SMARTS) is 1. The highest BCUT2D eigenvalue weighted by Gasteiger charge is 2.40. The zero-order valence-corrected chi connectivity index (χ0v) is 14.1. The van der Waals surface area contributed by atoms with Gasteiger partial charge in [-0.15, -0.1) is 0 Å². The van der Waals surface area contributed by atoms with Gasteiger partial charge in [0.25, 0.3) is 0 Å². The smallest absolute Gasteiger partial charge is 0.314 e. The zero-order valence-electron chi connectivity index (χ0n) is 14.1. The number of pyridine rings is 1. The van der Waals surface area contributed by atoms with Gasteiger partial charge in [-0.25, -0.2) is 0 Å². The molecule has 2 aromatic rings. The minimum Gasteiger partial charge on any atom is -0.481 e. The van der Waals surface area contributed by atoms with Crippen molar-refractivity contribution < 1.29 is 19.4 Å². The van der Waals surface area contributed by atoms with Crippen LogP contribution in [0.1, 0.15) is 30.5 Å². The molecule has 1 aliphatic rings. The van der Waals surface area contributed by atoms with E-state index in [1.165, 1.54) is 0 Å². The summed E-state index contributed by atoms with van der Waals surface area (Å²) >= 11 is 0. The van der Waals surface area contributed by atoms with Crippen molar-refractivity contribution in [2.75, 3.05) is 13.2 Å². The van der Waals surface area contributed by atoms with Gasteiger partial charge in [0, 0.05) is 18.3 Å². The molecule has 1 unspecified atom stereocenters. The number of carboxylic acids is 1. The molecule has 1 aromatic heterocycles. The molecule has 1 aliphatic heterocycles. The number of hydrogen-bond acceptors (Lipinski definition) is 4. The predicted molar refractivity (Wildman–Crippen MR) is 93.2 cm³/mol. The fourth-order valence-electron chi connectivity index (χ4n) is 3.35. The summed E-state index contributed by atoms with van der Waals surface area (Å²) in [6.45, 7) is 1.22. The average molecular weight is 341 g/mol. The maximum Gasteiger partial charge on any atom is 0.314 e. The van der Waals surface area contributed by atoms with E-state index in [0.29, 0.717) is 38.9 Å². The number of carbonyl (C=O) groups is 1. The predicted octanol–water partition coefficient (Wildman–Crippen LogP) is 3.19. The molecule has 25 heavy (non-hydrogen) atoms. The fourth-order valence-corrected chi connectivity index (χ4v) is 3.35. The minimum atomic E-state index is -1.01. The summed E-state index contributed by atoms with van der Waals surface area (Å²) in [5.74, 6) is -0.822. The van der Waals surface area contributed by atoms with Crippen LogP contribution in [0.5, 0.6) is 0 Å². The molecule has 5 nitrogen and oxygen atoms in total. The molecule has 0 aliphatic carbocycles. The summed E-state index contributed by atoms with van der Waals surface area (Å²) in [5.41, 5.74) is 0.581. The Kier molecular flexibility index (Phi) is 5.79. The van der Waals surface area contributed by atoms with E-state index in [0.717, 1.165) is 11.3 Å². The molecule has 0 saturated carbocycles. The highest BCUT2D eigenvalue weighted by atomic mass is 16.7. The van der Waals surface area contributed by atoms with Crippen molar-refractivity contribution in [2.45, 2.75) is 37.4 Å². The monoisotopic (exact) mass is 341 g/mol. The SMILES string of the molecule is O=C(O)C(CCCC1OCCO1)(Cc1ccccn1)c1ccccc1. The topological polar surface area (TPSA) is 68.7 Å². The highest BCUT2D eigenvalue weighted by molar-refractivity contribution is 5.81. The number of ether oxygens (including phenoxy) is 2. The van der Waals surface area contributed by atoms with Crippen LogP contribution in [-0.2, 0) is 26.1 Å². The standard InChI is InChI=1S/C20H23NO4/c22-19(23)20(16-7-2-1-3-8-16,15-17-9-4-5-12-21-17)11-6-10-18-24-13-14-25-18/h1-5,7-9,12,18H,6,10-11,13-15H2,(H,22,23). The van der Waals surface area contributed by atoms with Crippen LogP contribution in [0, 0.1) is 0 Å². The third-order valence-electron chi connectivity index (χ3n) is 4.68. The van der Waals surface area contributed by atoms with Crippen molar-refractivity contribution in [2.24, 2.45) is 0 Å². The molecular formula is C20H23NO4. The summed E-state index contributed by atoms with van der Waals surface area (Å²) in [7, 11) is 0. The lowest BCUT2D eigenvalue weighted by Crippen LogP contribution is -2.38. The molecule has 1 fully saturated rings. The second kappa shape index (κ2) is 8.23. The first kappa shape index (κ1) is 17.6. The van der Waals surface area contributed by atoms with Gasteiger partial charge in [-0.2, -0.15) is 0 Å². The van der Waals surface area contributed by atoms with E-state index >= 15 is 0 Å². The van der Waals surface area contributed by atoms with Crippen LogP contribution in [0.2, 0.25) is 0 Å². The van der Waals surface area contributed by atoms with Gasteiger partial charge < -0.3 is 14.6 Å². The number of aromatic nitrogens is 1. The van der Waals surface area contributed by atoms with Crippen molar-refractivity contribution in [3.05, 3.63) is 66.0 Å². The van der Waals surface area contributed by atoms with E-state index in [-0.39, 0.29) is 6.29 Å². The van der Waals surface area contributed by atoms with Crippen molar-refractivity contribution >= 4 is 5.97 Å².